The summed E-state index contributed by atoms with van der Waals surface area (Å²) in [7, 11) is 1.68. The molecule has 2 unspecified atom stereocenters. The van der Waals surface area contributed by atoms with E-state index in [2.05, 4.69) is 72.8 Å². The van der Waals surface area contributed by atoms with Crippen LogP contribution in [-0.2, 0) is 11.4 Å². The van der Waals surface area contributed by atoms with Crippen LogP contribution in [0.25, 0.3) is 0 Å². The SMILES string of the molecule is CONCC1CC(c2ccc(C)cc2)N1Cc1ccccc1C. The molecule has 1 aliphatic rings. The van der Waals surface area contributed by atoms with Crippen molar-refractivity contribution in [2.24, 2.45) is 0 Å². The normalized spacial score (nSPS) is 21.2. The fourth-order valence-electron chi connectivity index (χ4n) is 3.36. The number of nitrogens with zero attached hydrogens (tertiary/aromatic N) is 1. The van der Waals surface area contributed by atoms with Crippen LogP contribution in [0.2, 0.25) is 0 Å². The summed E-state index contributed by atoms with van der Waals surface area (Å²) < 4.78 is 0. The number of rotatable bonds is 6. The molecule has 0 spiro atoms. The van der Waals surface area contributed by atoms with E-state index < -0.39 is 0 Å². The molecule has 3 nitrogen and oxygen atoms in total. The van der Waals surface area contributed by atoms with Gasteiger partial charge < -0.3 is 4.84 Å². The molecule has 1 aliphatic heterocycles. The summed E-state index contributed by atoms with van der Waals surface area (Å²) in [6.45, 7) is 6.19. The third kappa shape index (κ3) is 3.63. The van der Waals surface area contributed by atoms with Crippen molar-refractivity contribution in [2.45, 2.75) is 38.9 Å². The maximum atomic E-state index is 5.05. The van der Waals surface area contributed by atoms with E-state index in [9.17, 15) is 0 Å². The molecule has 3 heteroatoms. The van der Waals surface area contributed by atoms with Crippen molar-refractivity contribution >= 4 is 0 Å². The zero-order valence-corrected chi connectivity index (χ0v) is 14.3. The Kier molecular flexibility index (Phi) is 5.11. The Labute approximate surface area is 139 Å². The largest absolute Gasteiger partial charge is 0.305 e. The first kappa shape index (κ1) is 16.2. The number of hydrogen-bond acceptors (Lipinski definition) is 3. The van der Waals surface area contributed by atoms with Gasteiger partial charge in [0.1, 0.15) is 0 Å². The summed E-state index contributed by atoms with van der Waals surface area (Å²) in [4.78, 5) is 7.63. The molecule has 0 bridgehead atoms. The third-order valence-electron chi connectivity index (χ3n) is 4.90. The predicted octanol–water partition coefficient (Wildman–Crippen LogP) is 3.77. The molecule has 1 N–H and O–H groups in total. The van der Waals surface area contributed by atoms with Crippen LogP contribution < -0.4 is 5.48 Å². The van der Waals surface area contributed by atoms with Crippen LogP contribution in [0.3, 0.4) is 0 Å². The third-order valence-corrected chi connectivity index (χ3v) is 4.90. The molecule has 23 heavy (non-hydrogen) atoms. The average Bonchev–Trinajstić information content (AvgIpc) is 2.55. The molecule has 0 aromatic heterocycles. The van der Waals surface area contributed by atoms with Crippen LogP contribution in [0.5, 0.6) is 0 Å². The van der Waals surface area contributed by atoms with Crippen molar-refractivity contribution in [2.75, 3.05) is 13.7 Å². The minimum Gasteiger partial charge on any atom is -0.305 e. The fourth-order valence-corrected chi connectivity index (χ4v) is 3.36. The van der Waals surface area contributed by atoms with Gasteiger partial charge in [-0.3, -0.25) is 4.90 Å². The summed E-state index contributed by atoms with van der Waals surface area (Å²) in [5, 5.41) is 0. The summed E-state index contributed by atoms with van der Waals surface area (Å²) >= 11 is 0. The number of nitrogens with one attached hydrogen (secondary N) is 1. The van der Waals surface area contributed by atoms with E-state index in [1.54, 1.807) is 7.11 Å². The zero-order valence-electron chi connectivity index (χ0n) is 14.3. The smallest absolute Gasteiger partial charge is 0.0572 e. The molecule has 0 radical (unpaired) electrons. The summed E-state index contributed by atoms with van der Waals surface area (Å²) in [6.07, 6.45) is 1.17. The number of likely N-dealkylation sites (tertiary alicyclic amines) is 1. The van der Waals surface area contributed by atoms with Crippen molar-refractivity contribution in [1.82, 2.24) is 10.4 Å². The van der Waals surface area contributed by atoms with Crippen LogP contribution in [-0.4, -0.2) is 24.6 Å². The van der Waals surface area contributed by atoms with Crippen LogP contribution in [0.15, 0.2) is 48.5 Å². The zero-order chi connectivity index (χ0) is 16.2. The van der Waals surface area contributed by atoms with Gasteiger partial charge in [-0.15, -0.1) is 0 Å². The standard InChI is InChI=1S/C20H26N2O/c1-15-8-10-17(11-9-15)20-12-19(13-21-23-3)22(20)14-18-7-5-4-6-16(18)2/h4-11,19-21H,12-14H2,1-3H3. The topological polar surface area (TPSA) is 24.5 Å². The highest BCUT2D eigenvalue weighted by atomic mass is 16.6. The van der Waals surface area contributed by atoms with Gasteiger partial charge in [-0.25, -0.2) is 5.48 Å². The Morgan fingerprint density at radius 1 is 1.09 bits per heavy atom. The molecular formula is C20H26N2O. The summed E-state index contributed by atoms with van der Waals surface area (Å²) in [5.74, 6) is 0. The molecule has 0 saturated carbocycles. The molecule has 0 aliphatic carbocycles. The van der Waals surface area contributed by atoms with E-state index >= 15 is 0 Å². The lowest BCUT2D eigenvalue weighted by atomic mass is 9.86. The number of hydroxylamine groups is 1. The van der Waals surface area contributed by atoms with Crippen molar-refractivity contribution in [1.29, 1.82) is 0 Å². The molecular weight excluding hydrogens is 284 g/mol. The van der Waals surface area contributed by atoms with E-state index in [1.165, 1.54) is 28.7 Å². The fraction of sp³-hybridized carbons (Fsp3) is 0.400. The number of hydrogen-bond donors (Lipinski definition) is 1. The number of aryl methyl sites for hydroxylation is 2. The van der Waals surface area contributed by atoms with E-state index in [-0.39, 0.29) is 0 Å². The molecule has 3 rings (SSSR count). The Balaban J connectivity index is 1.77. The Hall–Kier alpha value is -1.68. The first-order valence-electron chi connectivity index (χ1n) is 8.31. The van der Waals surface area contributed by atoms with Gasteiger partial charge >= 0.3 is 0 Å². The second-order valence-corrected chi connectivity index (χ2v) is 6.47. The van der Waals surface area contributed by atoms with Crippen molar-refractivity contribution in [3.8, 4) is 0 Å². The first-order chi connectivity index (χ1) is 11.2. The molecule has 1 heterocycles. The quantitative estimate of drug-likeness (QED) is 0.822. The van der Waals surface area contributed by atoms with Crippen molar-refractivity contribution in [3.05, 3.63) is 70.8 Å². The number of benzene rings is 2. The second kappa shape index (κ2) is 7.26. The molecule has 0 amide bonds. The van der Waals surface area contributed by atoms with E-state index in [1.807, 2.05) is 0 Å². The first-order valence-corrected chi connectivity index (χ1v) is 8.31. The lowest BCUT2D eigenvalue weighted by Crippen LogP contribution is -2.53. The van der Waals surface area contributed by atoms with Gasteiger partial charge in [0.15, 0.2) is 0 Å². The monoisotopic (exact) mass is 310 g/mol. The lowest BCUT2D eigenvalue weighted by Gasteiger charge is -2.49. The Bertz CT molecular complexity index is 638. The maximum Gasteiger partial charge on any atom is 0.0572 e. The minimum absolute atomic E-state index is 0.499. The molecule has 2 aromatic rings. The minimum atomic E-state index is 0.499. The van der Waals surface area contributed by atoms with Crippen LogP contribution in [0.4, 0.5) is 0 Å². The summed E-state index contributed by atoms with van der Waals surface area (Å²) in [5.41, 5.74) is 8.52. The van der Waals surface area contributed by atoms with E-state index in [0.29, 0.717) is 12.1 Å². The van der Waals surface area contributed by atoms with Crippen LogP contribution in [0, 0.1) is 13.8 Å². The van der Waals surface area contributed by atoms with Gasteiger partial charge in [0, 0.05) is 25.2 Å². The lowest BCUT2D eigenvalue weighted by molar-refractivity contribution is -0.0244. The second-order valence-electron chi connectivity index (χ2n) is 6.47. The highest BCUT2D eigenvalue weighted by Gasteiger charge is 2.38. The van der Waals surface area contributed by atoms with Gasteiger partial charge in [-0.2, -0.15) is 0 Å². The van der Waals surface area contributed by atoms with Gasteiger partial charge in [0.05, 0.1) is 7.11 Å². The van der Waals surface area contributed by atoms with Crippen molar-refractivity contribution < 1.29 is 4.84 Å². The highest BCUT2D eigenvalue weighted by molar-refractivity contribution is 5.29. The van der Waals surface area contributed by atoms with Crippen LogP contribution in [0.1, 0.15) is 34.7 Å². The Morgan fingerprint density at radius 3 is 2.52 bits per heavy atom. The van der Waals surface area contributed by atoms with Crippen LogP contribution >= 0.6 is 0 Å². The Morgan fingerprint density at radius 2 is 1.83 bits per heavy atom. The van der Waals surface area contributed by atoms with Gasteiger partial charge in [-0.1, -0.05) is 54.1 Å². The summed E-state index contributed by atoms with van der Waals surface area (Å²) in [6, 6.07) is 18.6. The molecule has 2 atom stereocenters. The molecule has 122 valence electrons. The predicted molar refractivity (Wildman–Crippen MR) is 94.1 cm³/mol. The van der Waals surface area contributed by atoms with Gasteiger partial charge in [0.25, 0.3) is 0 Å². The maximum absolute atomic E-state index is 5.05. The molecule has 1 fully saturated rings. The van der Waals surface area contributed by atoms with E-state index in [4.69, 9.17) is 4.84 Å². The highest BCUT2D eigenvalue weighted by Crippen LogP contribution is 2.40. The molecule has 1 saturated heterocycles. The van der Waals surface area contributed by atoms with Crippen molar-refractivity contribution in [3.63, 3.8) is 0 Å². The van der Waals surface area contributed by atoms with E-state index in [0.717, 1.165) is 13.1 Å². The van der Waals surface area contributed by atoms with Gasteiger partial charge in [-0.05, 0) is 37.0 Å². The molecule has 2 aromatic carbocycles. The van der Waals surface area contributed by atoms with Gasteiger partial charge in [0.2, 0.25) is 0 Å². The average molecular weight is 310 g/mol.